The topological polar surface area (TPSA) is 58.6 Å². The van der Waals surface area contributed by atoms with E-state index in [2.05, 4.69) is 17.5 Å². The average Bonchev–Trinajstić information content (AvgIpc) is 3.09. The summed E-state index contributed by atoms with van der Waals surface area (Å²) in [5.41, 5.74) is 2.20. The zero-order chi connectivity index (χ0) is 22.3. The maximum atomic E-state index is 12.7. The summed E-state index contributed by atoms with van der Waals surface area (Å²) in [6, 6.07) is -0.0834. The molecule has 1 fully saturated rings. The van der Waals surface area contributed by atoms with Gasteiger partial charge in [-0.3, -0.25) is 4.79 Å². The summed E-state index contributed by atoms with van der Waals surface area (Å²) in [4.78, 5) is 26.6. The molecular formula is C26H30N2O3. The molecule has 2 amide bonds. The minimum absolute atomic E-state index is 0.0834. The highest BCUT2D eigenvalue weighted by Crippen LogP contribution is 2.19. The van der Waals surface area contributed by atoms with Crippen molar-refractivity contribution in [3.63, 3.8) is 0 Å². The van der Waals surface area contributed by atoms with Gasteiger partial charge in [0.05, 0.1) is 0 Å². The first-order valence-electron chi connectivity index (χ1n) is 10.6. The van der Waals surface area contributed by atoms with Gasteiger partial charge in [0, 0.05) is 24.7 Å². The first-order chi connectivity index (χ1) is 14.8. The number of nitrogens with one attached hydrogen (secondary N) is 1. The van der Waals surface area contributed by atoms with Crippen molar-refractivity contribution in [3.8, 4) is 0 Å². The number of hydrogen-bond acceptors (Lipinski definition) is 3. The van der Waals surface area contributed by atoms with E-state index in [9.17, 15) is 9.59 Å². The van der Waals surface area contributed by atoms with Crippen molar-refractivity contribution in [2.45, 2.75) is 38.8 Å². The predicted molar refractivity (Wildman–Crippen MR) is 124 cm³/mol. The Kier molecular flexibility index (Phi) is 7.29. The van der Waals surface area contributed by atoms with Crippen LogP contribution in [0.3, 0.4) is 0 Å². The van der Waals surface area contributed by atoms with Crippen molar-refractivity contribution >= 4 is 12.0 Å². The fourth-order valence-corrected chi connectivity index (χ4v) is 3.36. The Morgan fingerprint density at radius 2 is 1.55 bits per heavy atom. The van der Waals surface area contributed by atoms with Gasteiger partial charge in [-0.15, -0.1) is 0 Å². The third kappa shape index (κ3) is 6.85. The maximum absolute atomic E-state index is 12.7. The molecule has 5 heteroatoms. The van der Waals surface area contributed by atoms with Gasteiger partial charge in [-0.2, -0.15) is 0 Å². The van der Waals surface area contributed by atoms with Crippen LogP contribution >= 0.6 is 0 Å². The summed E-state index contributed by atoms with van der Waals surface area (Å²) < 4.78 is 5.42. The fraction of sp³-hybridized carbons (Fsp3) is 0.308. The average molecular weight is 419 g/mol. The summed E-state index contributed by atoms with van der Waals surface area (Å²) in [6.45, 7) is 6.57. The van der Waals surface area contributed by atoms with Crippen LogP contribution in [0.5, 0.6) is 0 Å². The van der Waals surface area contributed by atoms with Crippen molar-refractivity contribution < 1.29 is 14.3 Å². The lowest BCUT2D eigenvalue weighted by atomic mass is 10.0. The van der Waals surface area contributed by atoms with Crippen molar-refractivity contribution in [1.82, 2.24) is 10.2 Å². The van der Waals surface area contributed by atoms with E-state index in [1.165, 1.54) is 0 Å². The summed E-state index contributed by atoms with van der Waals surface area (Å²) >= 11 is 0. The number of allylic oxidation sites excluding steroid dienone is 14. The fourth-order valence-electron chi connectivity index (χ4n) is 3.36. The molecule has 1 heterocycles. The van der Waals surface area contributed by atoms with Crippen molar-refractivity contribution in [1.29, 1.82) is 0 Å². The zero-order valence-corrected chi connectivity index (χ0v) is 18.4. The van der Waals surface area contributed by atoms with Gasteiger partial charge in [0.2, 0.25) is 0 Å². The molecule has 31 heavy (non-hydrogen) atoms. The van der Waals surface area contributed by atoms with E-state index in [0.29, 0.717) is 25.1 Å². The molecule has 0 unspecified atom stereocenters. The molecule has 0 aromatic rings. The maximum Gasteiger partial charge on any atom is 0.410 e. The summed E-state index contributed by atoms with van der Waals surface area (Å²) in [5, 5.41) is 3.03. The third-order valence-corrected chi connectivity index (χ3v) is 4.87. The quantitative estimate of drug-likeness (QED) is 0.723. The molecule has 1 atom stereocenters. The number of carbonyl (C=O) groups excluding carboxylic acids is 2. The number of rotatable bonds is 3. The van der Waals surface area contributed by atoms with Crippen molar-refractivity contribution in [2.75, 3.05) is 13.1 Å². The molecule has 0 aromatic carbocycles. The van der Waals surface area contributed by atoms with Gasteiger partial charge in [-0.05, 0) is 50.5 Å². The molecule has 0 bridgehead atoms. The minimum atomic E-state index is -0.527. The lowest BCUT2D eigenvalue weighted by molar-refractivity contribution is -0.117. The van der Waals surface area contributed by atoms with E-state index in [4.69, 9.17) is 4.74 Å². The van der Waals surface area contributed by atoms with Crippen LogP contribution in [0.15, 0.2) is 95.7 Å². The highest BCUT2D eigenvalue weighted by Gasteiger charge is 2.30. The standard InChI is InChI=1S/C26H30N2O3/c1-26(2,3)31-25(30)28-18-17-23(19-28)27-24(29)22-15-9-13-21(14-10-16-22)20-11-7-5-4-6-8-12-20/h4-16,23H,17-19H2,1-3H3,(H,27,29)/b5-4-,6-4?,7-5?,8-6-,11-7-,12-8?,13-9-,14-10?,15-9?,16-10-,20-11?,20-12+,21-13?,21-14+,22-15+,22-16?/t23-/m1/s1. The third-order valence-electron chi connectivity index (χ3n) is 4.87. The molecule has 0 radical (unpaired) electrons. The SMILES string of the molecule is CC(C)(C)OC(=O)N1CC[C@@H](NC(=O)C2=C\C=C/C(C3=C/C=C\C=C/C=C\3)=C\C=C/2)C1. The Morgan fingerprint density at radius 1 is 0.903 bits per heavy atom. The van der Waals surface area contributed by atoms with Crippen LogP contribution < -0.4 is 5.32 Å². The van der Waals surface area contributed by atoms with E-state index in [-0.39, 0.29) is 18.0 Å². The molecule has 0 aromatic heterocycles. The number of hydrogen-bond donors (Lipinski definition) is 1. The van der Waals surface area contributed by atoms with Crippen molar-refractivity contribution in [2.24, 2.45) is 0 Å². The van der Waals surface area contributed by atoms with Gasteiger partial charge in [0.15, 0.2) is 0 Å². The molecule has 3 rings (SSSR count). The second-order valence-corrected chi connectivity index (χ2v) is 8.60. The van der Waals surface area contributed by atoms with Crippen LogP contribution in [0, 0.1) is 0 Å². The number of ether oxygens (including phenoxy) is 1. The predicted octanol–water partition coefficient (Wildman–Crippen LogP) is 4.70. The number of carbonyl (C=O) groups is 2. The molecule has 2 aliphatic carbocycles. The Bertz CT molecular complexity index is 950. The molecule has 0 saturated carbocycles. The van der Waals surface area contributed by atoms with Crippen LogP contribution in [0.25, 0.3) is 0 Å². The molecule has 0 spiro atoms. The molecule has 3 aliphatic rings. The van der Waals surface area contributed by atoms with E-state index < -0.39 is 5.60 Å². The highest BCUT2D eigenvalue weighted by molar-refractivity contribution is 5.97. The minimum Gasteiger partial charge on any atom is -0.444 e. The van der Waals surface area contributed by atoms with E-state index in [0.717, 1.165) is 11.1 Å². The first kappa shape index (κ1) is 22.3. The van der Waals surface area contributed by atoms with Gasteiger partial charge in [-0.1, -0.05) is 66.8 Å². The Balaban J connectivity index is 1.57. The highest BCUT2D eigenvalue weighted by atomic mass is 16.6. The molecule has 5 nitrogen and oxygen atoms in total. The van der Waals surface area contributed by atoms with Crippen LogP contribution in [-0.2, 0) is 9.53 Å². The van der Waals surface area contributed by atoms with Crippen LogP contribution in [0.4, 0.5) is 4.79 Å². The second kappa shape index (κ2) is 10.1. The first-order valence-corrected chi connectivity index (χ1v) is 10.6. The van der Waals surface area contributed by atoms with Gasteiger partial charge < -0.3 is 15.0 Å². The van der Waals surface area contributed by atoms with Crippen LogP contribution in [0.2, 0.25) is 0 Å². The smallest absolute Gasteiger partial charge is 0.410 e. The molecule has 1 aliphatic heterocycles. The van der Waals surface area contributed by atoms with Gasteiger partial charge in [0.25, 0.3) is 5.91 Å². The Morgan fingerprint density at radius 3 is 2.32 bits per heavy atom. The normalized spacial score (nSPS) is 31.0. The van der Waals surface area contributed by atoms with Crippen molar-refractivity contribution in [3.05, 3.63) is 95.7 Å². The molecular weight excluding hydrogens is 388 g/mol. The largest absolute Gasteiger partial charge is 0.444 e. The summed E-state index contributed by atoms with van der Waals surface area (Å²) in [7, 11) is 0. The summed E-state index contributed by atoms with van der Waals surface area (Å²) in [5.74, 6) is -0.146. The second-order valence-electron chi connectivity index (χ2n) is 8.60. The molecule has 1 N–H and O–H groups in total. The monoisotopic (exact) mass is 418 g/mol. The van der Waals surface area contributed by atoms with Crippen LogP contribution in [0.1, 0.15) is 27.2 Å². The van der Waals surface area contributed by atoms with Crippen LogP contribution in [-0.4, -0.2) is 41.6 Å². The van der Waals surface area contributed by atoms with E-state index in [1.807, 2.05) is 87.6 Å². The van der Waals surface area contributed by atoms with Gasteiger partial charge in [0.1, 0.15) is 5.60 Å². The van der Waals surface area contributed by atoms with Gasteiger partial charge >= 0.3 is 6.09 Å². The Hall–Kier alpha value is -3.34. The summed E-state index contributed by atoms with van der Waals surface area (Å²) in [6.07, 6.45) is 25.8. The molecule has 162 valence electrons. The lowest BCUT2D eigenvalue weighted by Crippen LogP contribution is -2.40. The number of nitrogens with zero attached hydrogens (tertiary/aromatic N) is 1. The van der Waals surface area contributed by atoms with Gasteiger partial charge in [-0.25, -0.2) is 4.79 Å². The molecule has 1 saturated heterocycles. The Labute approximate surface area is 184 Å². The number of likely N-dealkylation sites (tertiary alicyclic amines) is 1. The van der Waals surface area contributed by atoms with E-state index in [1.54, 1.807) is 4.90 Å². The zero-order valence-electron chi connectivity index (χ0n) is 18.4. The van der Waals surface area contributed by atoms with E-state index >= 15 is 0 Å². The number of amides is 2. The lowest BCUT2D eigenvalue weighted by Gasteiger charge is -2.24.